The summed E-state index contributed by atoms with van der Waals surface area (Å²) in [4.78, 5) is 8.31. The van der Waals surface area contributed by atoms with Gasteiger partial charge in [-0.15, -0.1) is 0 Å². The zero-order valence-electron chi connectivity index (χ0n) is 10.3. The van der Waals surface area contributed by atoms with E-state index in [1.54, 1.807) is 18.7 Å². The fourth-order valence-corrected chi connectivity index (χ4v) is 1.63. The second kappa shape index (κ2) is 6.16. The van der Waals surface area contributed by atoms with Gasteiger partial charge >= 0.3 is 0 Å². The van der Waals surface area contributed by atoms with Gasteiger partial charge in [0.1, 0.15) is 5.76 Å². The van der Waals surface area contributed by atoms with Crippen LogP contribution < -0.4 is 5.32 Å². The number of anilines is 1. The van der Waals surface area contributed by atoms with E-state index in [2.05, 4.69) is 15.3 Å². The Kier molecular flexibility index (Phi) is 4.30. The first-order valence-electron chi connectivity index (χ1n) is 5.93. The summed E-state index contributed by atoms with van der Waals surface area (Å²) in [5, 5.41) is 12.4. The van der Waals surface area contributed by atoms with Crippen molar-refractivity contribution in [2.45, 2.75) is 13.3 Å². The number of furan rings is 1. The van der Waals surface area contributed by atoms with E-state index in [0.717, 1.165) is 11.3 Å². The van der Waals surface area contributed by atoms with Crippen LogP contribution in [0.5, 0.6) is 0 Å². The second-order valence-electron chi connectivity index (χ2n) is 4.30. The molecule has 2 heterocycles. The quantitative estimate of drug-likeness (QED) is 0.812. The van der Waals surface area contributed by atoms with Crippen LogP contribution >= 0.6 is 0 Å². The molecule has 0 aliphatic rings. The smallest absolute Gasteiger partial charge is 0.222 e. The summed E-state index contributed by atoms with van der Waals surface area (Å²) in [7, 11) is 0. The van der Waals surface area contributed by atoms with Crippen LogP contribution in [0.4, 0.5) is 5.95 Å². The Labute approximate surface area is 106 Å². The van der Waals surface area contributed by atoms with Gasteiger partial charge in [-0.1, -0.05) is 0 Å². The van der Waals surface area contributed by atoms with Gasteiger partial charge in [0, 0.05) is 37.9 Å². The van der Waals surface area contributed by atoms with Crippen LogP contribution in [-0.2, 0) is 6.42 Å². The third kappa shape index (κ3) is 3.56. The molecule has 0 saturated heterocycles. The van der Waals surface area contributed by atoms with Crippen LogP contribution in [0.2, 0.25) is 0 Å². The number of aliphatic hydroxyl groups excluding tert-OH is 1. The summed E-state index contributed by atoms with van der Waals surface area (Å²) >= 11 is 0. The molecule has 2 aromatic heterocycles. The first kappa shape index (κ1) is 12.6. The van der Waals surface area contributed by atoms with Crippen molar-refractivity contribution in [2.24, 2.45) is 5.92 Å². The molecule has 0 bridgehead atoms. The van der Waals surface area contributed by atoms with E-state index in [1.165, 1.54) is 0 Å². The first-order chi connectivity index (χ1) is 8.78. The van der Waals surface area contributed by atoms with Crippen molar-refractivity contribution in [3.63, 3.8) is 0 Å². The molecule has 0 fully saturated rings. The first-order valence-corrected chi connectivity index (χ1v) is 5.93. The van der Waals surface area contributed by atoms with E-state index >= 15 is 0 Å². The Morgan fingerprint density at radius 3 is 2.78 bits per heavy atom. The molecule has 0 spiro atoms. The SMILES string of the molecule is Cc1cnc(NCC(CO)Cc2ccco2)nc1. The summed E-state index contributed by atoms with van der Waals surface area (Å²) in [5.74, 6) is 1.54. The summed E-state index contributed by atoms with van der Waals surface area (Å²) in [6.45, 7) is 2.65. The lowest BCUT2D eigenvalue weighted by molar-refractivity contribution is 0.226. The summed E-state index contributed by atoms with van der Waals surface area (Å²) in [5.41, 5.74) is 1.02. The molecule has 2 aromatic rings. The Morgan fingerprint density at radius 2 is 2.17 bits per heavy atom. The van der Waals surface area contributed by atoms with Crippen molar-refractivity contribution < 1.29 is 9.52 Å². The van der Waals surface area contributed by atoms with E-state index in [9.17, 15) is 5.11 Å². The van der Waals surface area contributed by atoms with Crippen LogP contribution in [0, 0.1) is 12.8 Å². The number of rotatable bonds is 6. The minimum Gasteiger partial charge on any atom is -0.469 e. The Morgan fingerprint density at radius 1 is 1.39 bits per heavy atom. The second-order valence-corrected chi connectivity index (χ2v) is 4.30. The van der Waals surface area contributed by atoms with E-state index in [-0.39, 0.29) is 12.5 Å². The van der Waals surface area contributed by atoms with Crippen molar-refractivity contribution in [3.8, 4) is 0 Å². The van der Waals surface area contributed by atoms with Gasteiger partial charge in [-0.2, -0.15) is 0 Å². The van der Waals surface area contributed by atoms with Crippen LogP contribution in [0.25, 0.3) is 0 Å². The maximum atomic E-state index is 9.32. The lowest BCUT2D eigenvalue weighted by Gasteiger charge is -2.13. The Hall–Kier alpha value is -1.88. The lowest BCUT2D eigenvalue weighted by atomic mass is 10.1. The number of nitrogens with one attached hydrogen (secondary N) is 1. The van der Waals surface area contributed by atoms with Gasteiger partial charge in [-0.05, 0) is 24.6 Å². The predicted octanol–water partition coefficient (Wildman–Crippen LogP) is 1.64. The third-order valence-corrected chi connectivity index (χ3v) is 2.66. The zero-order chi connectivity index (χ0) is 12.8. The molecule has 0 radical (unpaired) electrons. The van der Waals surface area contributed by atoms with Gasteiger partial charge in [0.15, 0.2) is 0 Å². The number of hydrogen-bond donors (Lipinski definition) is 2. The molecule has 0 aliphatic carbocycles. The van der Waals surface area contributed by atoms with Crippen molar-refractivity contribution in [1.82, 2.24) is 9.97 Å². The van der Waals surface area contributed by atoms with Crippen LogP contribution in [0.15, 0.2) is 35.2 Å². The topological polar surface area (TPSA) is 71.2 Å². The minimum absolute atomic E-state index is 0.0843. The van der Waals surface area contributed by atoms with Crippen molar-refractivity contribution in [3.05, 3.63) is 42.1 Å². The van der Waals surface area contributed by atoms with Crippen molar-refractivity contribution in [2.75, 3.05) is 18.5 Å². The van der Waals surface area contributed by atoms with Crippen LogP contribution in [0.3, 0.4) is 0 Å². The normalized spacial score (nSPS) is 12.3. The van der Waals surface area contributed by atoms with Crippen LogP contribution in [-0.4, -0.2) is 28.2 Å². The van der Waals surface area contributed by atoms with Crippen molar-refractivity contribution >= 4 is 5.95 Å². The highest BCUT2D eigenvalue weighted by molar-refractivity contribution is 5.24. The number of aliphatic hydroxyl groups is 1. The van der Waals surface area contributed by atoms with Gasteiger partial charge < -0.3 is 14.8 Å². The molecular weight excluding hydrogens is 230 g/mol. The molecule has 0 aliphatic heterocycles. The maximum absolute atomic E-state index is 9.32. The minimum atomic E-state index is 0.0843. The number of aromatic nitrogens is 2. The summed E-state index contributed by atoms with van der Waals surface area (Å²) in [6.07, 6.45) is 5.86. The molecule has 5 nitrogen and oxygen atoms in total. The van der Waals surface area contributed by atoms with E-state index in [0.29, 0.717) is 18.9 Å². The average molecular weight is 247 g/mol. The fourth-order valence-electron chi connectivity index (χ4n) is 1.63. The predicted molar refractivity (Wildman–Crippen MR) is 68.2 cm³/mol. The summed E-state index contributed by atoms with van der Waals surface area (Å²) < 4.78 is 5.26. The molecule has 2 N–H and O–H groups in total. The van der Waals surface area contributed by atoms with E-state index in [1.807, 2.05) is 19.1 Å². The lowest BCUT2D eigenvalue weighted by Crippen LogP contribution is -2.21. The molecule has 96 valence electrons. The van der Waals surface area contributed by atoms with Crippen molar-refractivity contribution in [1.29, 1.82) is 0 Å². The molecular formula is C13H17N3O2. The standard InChI is InChI=1S/C13H17N3O2/c1-10-6-14-13(15-7-10)16-8-11(9-17)5-12-3-2-4-18-12/h2-4,6-7,11,17H,5,8-9H2,1H3,(H,14,15,16). The van der Waals surface area contributed by atoms with E-state index < -0.39 is 0 Å². The van der Waals surface area contributed by atoms with Gasteiger partial charge in [0.05, 0.1) is 6.26 Å². The zero-order valence-corrected chi connectivity index (χ0v) is 10.3. The monoisotopic (exact) mass is 247 g/mol. The Bertz CT molecular complexity index is 454. The molecule has 1 atom stereocenters. The van der Waals surface area contributed by atoms with Crippen LogP contribution in [0.1, 0.15) is 11.3 Å². The highest BCUT2D eigenvalue weighted by Gasteiger charge is 2.10. The molecule has 18 heavy (non-hydrogen) atoms. The highest BCUT2D eigenvalue weighted by atomic mass is 16.3. The summed E-state index contributed by atoms with van der Waals surface area (Å²) in [6, 6.07) is 3.76. The third-order valence-electron chi connectivity index (χ3n) is 2.66. The van der Waals surface area contributed by atoms with E-state index in [4.69, 9.17) is 4.42 Å². The Balaban J connectivity index is 1.85. The largest absolute Gasteiger partial charge is 0.469 e. The molecule has 1 unspecified atom stereocenters. The van der Waals surface area contributed by atoms with Gasteiger partial charge in [0.25, 0.3) is 0 Å². The molecule has 0 aromatic carbocycles. The van der Waals surface area contributed by atoms with Gasteiger partial charge in [-0.25, -0.2) is 9.97 Å². The highest BCUT2D eigenvalue weighted by Crippen LogP contribution is 2.10. The van der Waals surface area contributed by atoms with Gasteiger partial charge in [-0.3, -0.25) is 0 Å². The molecule has 5 heteroatoms. The fraction of sp³-hybridized carbons (Fsp3) is 0.385. The number of nitrogens with zero attached hydrogens (tertiary/aromatic N) is 2. The average Bonchev–Trinajstić information content (AvgIpc) is 2.89. The number of hydrogen-bond acceptors (Lipinski definition) is 5. The number of aryl methyl sites for hydroxylation is 1. The molecule has 0 saturated carbocycles. The molecule has 2 rings (SSSR count). The van der Waals surface area contributed by atoms with Gasteiger partial charge in [0.2, 0.25) is 5.95 Å². The maximum Gasteiger partial charge on any atom is 0.222 e. The molecule has 0 amide bonds.